The molecule has 1 N–H and O–H groups in total. The van der Waals surface area contributed by atoms with E-state index in [-0.39, 0.29) is 17.7 Å². The first-order valence-electron chi connectivity index (χ1n) is 12.0. The van der Waals surface area contributed by atoms with Crippen LogP contribution < -0.4 is 4.90 Å². The second-order valence-electron chi connectivity index (χ2n) is 9.15. The molecule has 1 aromatic heterocycles. The Morgan fingerprint density at radius 3 is 2.71 bits per heavy atom. The van der Waals surface area contributed by atoms with Crippen LogP contribution in [0.4, 0.5) is 10.7 Å². The molecule has 35 heavy (non-hydrogen) atoms. The van der Waals surface area contributed by atoms with Gasteiger partial charge in [-0.2, -0.15) is 0 Å². The van der Waals surface area contributed by atoms with E-state index in [0.717, 1.165) is 47.6 Å². The van der Waals surface area contributed by atoms with Crippen LogP contribution in [0.2, 0.25) is 0 Å². The van der Waals surface area contributed by atoms with Crippen LogP contribution in [0.1, 0.15) is 40.0 Å². The number of hydrogen-bond acceptors (Lipinski definition) is 6. The number of carbonyl (C=O) groups excluding carboxylic acids is 1. The highest BCUT2D eigenvalue weighted by atomic mass is 16.5. The van der Waals surface area contributed by atoms with Crippen LogP contribution in [-0.2, 0) is 28.9 Å². The summed E-state index contributed by atoms with van der Waals surface area (Å²) >= 11 is 0. The highest BCUT2D eigenvalue weighted by molar-refractivity contribution is 5.88. The van der Waals surface area contributed by atoms with Gasteiger partial charge in [-0.3, -0.25) is 0 Å². The second-order valence-corrected chi connectivity index (χ2v) is 9.15. The average Bonchev–Trinajstić information content (AvgIpc) is 3.29. The van der Waals surface area contributed by atoms with Gasteiger partial charge in [-0.1, -0.05) is 18.2 Å². The van der Waals surface area contributed by atoms with Gasteiger partial charge in [0.15, 0.2) is 0 Å². The molecule has 0 unspecified atom stereocenters. The zero-order chi connectivity index (χ0) is 24.5. The lowest BCUT2D eigenvalue weighted by atomic mass is 9.98. The molecular formula is C26H30N4O5. The van der Waals surface area contributed by atoms with Gasteiger partial charge >= 0.3 is 12.1 Å². The topological polar surface area (TPSA) is 97.1 Å². The summed E-state index contributed by atoms with van der Waals surface area (Å²) in [4.78, 5) is 32.8. The number of benzene rings is 2. The summed E-state index contributed by atoms with van der Waals surface area (Å²) in [5.41, 5.74) is 5.44. The van der Waals surface area contributed by atoms with E-state index in [9.17, 15) is 14.7 Å². The van der Waals surface area contributed by atoms with Crippen molar-refractivity contribution in [3.8, 4) is 0 Å². The van der Waals surface area contributed by atoms with Gasteiger partial charge in [-0.05, 0) is 49.1 Å². The third-order valence-electron chi connectivity index (χ3n) is 6.92. The zero-order valence-electron chi connectivity index (χ0n) is 20.1. The Morgan fingerprint density at radius 2 is 1.97 bits per heavy atom. The summed E-state index contributed by atoms with van der Waals surface area (Å²) in [6.45, 7) is 6.02. The van der Waals surface area contributed by atoms with Crippen molar-refractivity contribution in [1.29, 1.82) is 0 Å². The minimum Gasteiger partial charge on any atom is -0.478 e. The van der Waals surface area contributed by atoms with Gasteiger partial charge in [0.2, 0.25) is 5.95 Å². The third kappa shape index (κ3) is 4.43. The van der Waals surface area contributed by atoms with Crippen molar-refractivity contribution >= 4 is 29.0 Å². The number of methoxy groups -OCH3 is 1. The maximum atomic E-state index is 12.2. The van der Waals surface area contributed by atoms with Crippen molar-refractivity contribution < 1.29 is 24.2 Å². The molecule has 9 nitrogen and oxygen atoms in total. The first-order chi connectivity index (χ1) is 17.0. The minimum atomic E-state index is -0.927. The molecule has 0 saturated carbocycles. The van der Waals surface area contributed by atoms with Crippen molar-refractivity contribution in [3.05, 3.63) is 58.7 Å². The highest BCUT2D eigenvalue weighted by Gasteiger charge is 2.28. The predicted molar refractivity (Wildman–Crippen MR) is 131 cm³/mol. The van der Waals surface area contributed by atoms with Crippen molar-refractivity contribution in [2.75, 3.05) is 44.9 Å². The van der Waals surface area contributed by atoms with Gasteiger partial charge in [0, 0.05) is 31.2 Å². The smallest absolute Gasteiger partial charge is 0.409 e. The normalized spacial score (nSPS) is 16.7. The molecule has 0 radical (unpaired) electrons. The molecule has 1 amide bonds. The standard InChI is InChI=1S/C26H30N4O5/c1-17(14-18-4-3-5-20(15-18)24(31)32)30-22-7-6-19-8-9-29(26(33)34-2)16-21(19)23(22)27-25(30)28-10-12-35-13-11-28/h3-7,15,17H,8-14,16H2,1-2H3,(H,31,32)/t17-/m0/s1. The number of carbonyl (C=O) groups is 2. The number of aromatic nitrogens is 2. The van der Waals surface area contributed by atoms with Crippen LogP contribution in [0.15, 0.2) is 36.4 Å². The minimum absolute atomic E-state index is 0.0280. The Bertz CT molecular complexity index is 1260. The Hall–Kier alpha value is -3.59. The van der Waals surface area contributed by atoms with Crippen LogP contribution >= 0.6 is 0 Å². The summed E-state index contributed by atoms with van der Waals surface area (Å²) < 4.78 is 12.8. The Morgan fingerprint density at radius 1 is 1.17 bits per heavy atom. The molecule has 5 rings (SSSR count). The fourth-order valence-electron chi connectivity index (χ4n) is 5.15. The van der Waals surface area contributed by atoms with Gasteiger partial charge in [0.1, 0.15) is 0 Å². The molecule has 9 heteroatoms. The molecule has 0 aliphatic carbocycles. The number of amides is 1. The van der Waals surface area contributed by atoms with Gasteiger partial charge < -0.3 is 28.9 Å². The van der Waals surface area contributed by atoms with E-state index in [4.69, 9.17) is 14.5 Å². The van der Waals surface area contributed by atoms with E-state index in [1.165, 1.54) is 12.7 Å². The van der Waals surface area contributed by atoms with E-state index in [1.807, 2.05) is 6.07 Å². The van der Waals surface area contributed by atoms with Gasteiger partial charge in [-0.15, -0.1) is 0 Å². The fourth-order valence-corrected chi connectivity index (χ4v) is 5.15. The van der Waals surface area contributed by atoms with Crippen LogP contribution in [0.5, 0.6) is 0 Å². The summed E-state index contributed by atoms with van der Waals surface area (Å²) in [7, 11) is 1.41. The molecule has 1 fully saturated rings. The number of hydrogen-bond donors (Lipinski definition) is 1. The monoisotopic (exact) mass is 478 g/mol. The van der Waals surface area contributed by atoms with Gasteiger partial charge in [-0.25, -0.2) is 14.6 Å². The maximum Gasteiger partial charge on any atom is 0.409 e. The number of fused-ring (bicyclic) bond motifs is 3. The van der Waals surface area contributed by atoms with E-state index in [1.54, 1.807) is 23.1 Å². The van der Waals surface area contributed by atoms with E-state index >= 15 is 0 Å². The molecule has 3 heterocycles. The third-order valence-corrected chi connectivity index (χ3v) is 6.92. The first kappa shape index (κ1) is 23.2. The number of ether oxygens (including phenoxy) is 2. The Balaban J connectivity index is 1.58. The molecule has 3 aromatic rings. The van der Waals surface area contributed by atoms with Crippen LogP contribution in [-0.4, -0.2) is 71.6 Å². The number of carboxylic acids is 1. The summed E-state index contributed by atoms with van der Waals surface area (Å²) in [5, 5.41) is 9.40. The van der Waals surface area contributed by atoms with Gasteiger partial charge in [0.05, 0.1) is 43.5 Å². The van der Waals surface area contributed by atoms with Crippen molar-refractivity contribution in [3.63, 3.8) is 0 Å². The Kier molecular flexibility index (Phi) is 6.34. The Labute approximate surface area is 203 Å². The summed E-state index contributed by atoms with van der Waals surface area (Å²) in [5.74, 6) is -0.0443. The number of morpholine rings is 1. The van der Waals surface area contributed by atoms with Crippen molar-refractivity contribution in [1.82, 2.24) is 14.5 Å². The number of carboxylic acid groups (broad SMARTS) is 1. The lowest BCUT2D eigenvalue weighted by Crippen LogP contribution is -2.38. The molecule has 0 bridgehead atoms. The molecule has 1 atom stereocenters. The largest absolute Gasteiger partial charge is 0.478 e. The van der Waals surface area contributed by atoms with Crippen LogP contribution in [0.25, 0.3) is 11.0 Å². The highest BCUT2D eigenvalue weighted by Crippen LogP contribution is 2.34. The quantitative estimate of drug-likeness (QED) is 0.599. The molecule has 1 saturated heterocycles. The molecule has 0 spiro atoms. The second kappa shape index (κ2) is 9.58. The van der Waals surface area contributed by atoms with E-state index in [2.05, 4.69) is 28.5 Å². The fraction of sp³-hybridized carbons (Fsp3) is 0.423. The first-order valence-corrected chi connectivity index (χ1v) is 12.0. The maximum absolute atomic E-state index is 12.2. The molecule has 184 valence electrons. The average molecular weight is 479 g/mol. The predicted octanol–water partition coefficient (Wildman–Crippen LogP) is 3.50. The number of rotatable bonds is 5. The van der Waals surface area contributed by atoms with Crippen molar-refractivity contribution in [2.24, 2.45) is 0 Å². The SMILES string of the molecule is COC(=O)N1CCc2ccc3c(nc(N4CCOCC4)n3[C@@H](C)Cc3cccc(C(=O)O)c3)c2C1. The number of imidazole rings is 1. The van der Waals surface area contributed by atoms with Crippen LogP contribution in [0, 0.1) is 0 Å². The molecule has 2 aromatic carbocycles. The number of aromatic carboxylic acids is 1. The lowest BCUT2D eigenvalue weighted by Gasteiger charge is -2.30. The molecular weight excluding hydrogens is 448 g/mol. The van der Waals surface area contributed by atoms with Crippen molar-refractivity contribution in [2.45, 2.75) is 32.4 Å². The zero-order valence-corrected chi connectivity index (χ0v) is 20.1. The van der Waals surface area contributed by atoms with Crippen LogP contribution in [0.3, 0.4) is 0 Å². The van der Waals surface area contributed by atoms with E-state index in [0.29, 0.717) is 32.7 Å². The molecule has 2 aliphatic rings. The summed E-state index contributed by atoms with van der Waals surface area (Å²) in [6, 6.07) is 11.4. The number of anilines is 1. The summed E-state index contributed by atoms with van der Waals surface area (Å²) in [6.07, 6.45) is 1.10. The molecule has 2 aliphatic heterocycles. The van der Waals surface area contributed by atoms with E-state index < -0.39 is 5.97 Å². The van der Waals surface area contributed by atoms with Gasteiger partial charge in [0.25, 0.3) is 0 Å². The lowest BCUT2D eigenvalue weighted by molar-refractivity contribution is 0.0696. The number of nitrogens with zero attached hydrogens (tertiary/aromatic N) is 4.